The van der Waals surface area contributed by atoms with Gasteiger partial charge in [-0.1, -0.05) is 22.5 Å². The summed E-state index contributed by atoms with van der Waals surface area (Å²) in [5.74, 6) is 1.46. The van der Waals surface area contributed by atoms with Crippen LogP contribution in [-0.4, -0.2) is 25.1 Å². The number of oxime groups is 1. The standard InChI is InChI=1S/C18H22N2O3/c1-5-6-7-22-16-8-13(2)18(14(3)9-16)11-15-10-17(23-20-15)12-19-21-4/h5-6,8-10,12H,7,11H2,1-4H3/b6-5+,19-12+. The quantitative estimate of drug-likeness (QED) is 0.443. The van der Waals surface area contributed by atoms with Gasteiger partial charge in [-0.05, 0) is 49.6 Å². The van der Waals surface area contributed by atoms with Gasteiger partial charge in [0.1, 0.15) is 25.7 Å². The first-order valence-corrected chi connectivity index (χ1v) is 7.50. The van der Waals surface area contributed by atoms with Crippen molar-refractivity contribution < 1.29 is 14.1 Å². The first kappa shape index (κ1) is 16.8. The molecule has 122 valence electrons. The van der Waals surface area contributed by atoms with Crippen molar-refractivity contribution in [2.75, 3.05) is 13.7 Å². The van der Waals surface area contributed by atoms with E-state index in [-0.39, 0.29) is 0 Å². The van der Waals surface area contributed by atoms with E-state index in [2.05, 4.69) is 41.1 Å². The maximum Gasteiger partial charge on any atom is 0.181 e. The van der Waals surface area contributed by atoms with Crippen molar-refractivity contribution in [2.45, 2.75) is 27.2 Å². The second-order valence-electron chi connectivity index (χ2n) is 5.23. The van der Waals surface area contributed by atoms with Crippen LogP contribution in [0.15, 0.2) is 40.0 Å². The van der Waals surface area contributed by atoms with E-state index in [0.29, 0.717) is 18.8 Å². The molecule has 0 amide bonds. The predicted molar refractivity (Wildman–Crippen MR) is 90.1 cm³/mol. The fourth-order valence-corrected chi connectivity index (χ4v) is 2.31. The third-order valence-electron chi connectivity index (χ3n) is 3.47. The van der Waals surface area contributed by atoms with Gasteiger partial charge in [-0.15, -0.1) is 0 Å². The summed E-state index contributed by atoms with van der Waals surface area (Å²) in [5, 5.41) is 7.73. The molecule has 1 aromatic carbocycles. The lowest BCUT2D eigenvalue weighted by Gasteiger charge is -2.12. The van der Waals surface area contributed by atoms with Gasteiger partial charge < -0.3 is 14.1 Å². The molecule has 2 rings (SSSR count). The van der Waals surface area contributed by atoms with Gasteiger partial charge in [0.05, 0.1) is 5.69 Å². The number of aromatic nitrogens is 1. The molecule has 0 aliphatic heterocycles. The highest BCUT2D eigenvalue weighted by Crippen LogP contribution is 2.24. The maximum atomic E-state index is 5.71. The van der Waals surface area contributed by atoms with Gasteiger partial charge in [0.2, 0.25) is 0 Å². The minimum atomic E-state index is 0.573. The van der Waals surface area contributed by atoms with Gasteiger partial charge in [-0.3, -0.25) is 0 Å². The molecular weight excluding hydrogens is 292 g/mol. The van der Waals surface area contributed by atoms with Gasteiger partial charge in [-0.2, -0.15) is 0 Å². The average Bonchev–Trinajstić information content (AvgIpc) is 2.97. The number of rotatable bonds is 7. The number of nitrogens with zero attached hydrogens (tertiary/aromatic N) is 2. The van der Waals surface area contributed by atoms with Crippen LogP contribution in [0, 0.1) is 13.8 Å². The second kappa shape index (κ2) is 8.17. The Bertz CT molecular complexity index is 679. The summed E-state index contributed by atoms with van der Waals surface area (Å²) in [7, 11) is 1.49. The minimum Gasteiger partial charge on any atom is -0.490 e. The molecule has 1 aromatic heterocycles. The van der Waals surface area contributed by atoms with E-state index in [1.54, 1.807) is 0 Å². The smallest absolute Gasteiger partial charge is 0.181 e. The van der Waals surface area contributed by atoms with Crippen molar-refractivity contribution in [1.82, 2.24) is 5.16 Å². The van der Waals surface area contributed by atoms with E-state index in [4.69, 9.17) is 9.26 Å². The molecular formula is C18H22N2O3. The van der Waals surface area contributed by atoms with Gasteiger partial charge in [-0.25, -0.2) is 0 Å². The summed E-state index contributed by atoms with van der Waals surface area (Å²) >= 11 is 0. The Hall–Kier alpha value is -2.56. The van der Waals surface area contributed by atoms with Crippen molar-refractivity contribution in [1.29, 1.82) is 0 Å². The molecule has 0 aliphatic carbocycles. The van der Waals surface area contributed by atoms with Crippen LogP contribution in [0.5, 0.6) is 5.75 Å². The highest BCUT2D eigenvalue weighted by Gasteiger charge is 2.10. The van der Waals surface area contributed by atoms with Gasteiger partial charge in [0.25, 0.3) is 0 Å². The van der Waals surface area contributed by atoms with Crippen LogP contribution < -0.4 is 4.74 Å². The van der Waals surface area contributed by atoms with Crippen molar-refractivity contribution in [3.05, 3.63) is 58.5 Å². The molecule has 0 radical (unpaired) electrons. The normalized spacial score (nSPS) is 11.5. The number of allylic oxidation sites excluding steroid dienone is 1. The lowest BCUT2D eigenvalue weighted by molar-refractivity contribution is 0.214. The van der Waals surface area contributed by atoms with Crippen LogP contribution in [0.4, 0.5) is 0 Å². The zero-order valence-corrected chi connectivity index (χ0v) is 14.0. The molecule has 5 nitrogen and oxygen atoms in total. The number of hydrogen-bond acceptors (Lipinski definition) is 5. The molecule has 5 heteroatoms. The fourth-order valence-electron chi connectivity index (χ4n) is 2.31. The van der Waals surface area contributed by atoms with E-state index in [1.165, 1.54) is 30.0 Å². The van der Waals surface area contributed by atoms with Crippen LogP contribution >= 0.6 is 0 Å². The third-order valence-corrected chi connectivity index (χ3v) is 3.47. The fraction of sp³-hybridized carbons (Fsp3) is 0.333. The van der Waals surface area contributed by atoms with E-state index >= 15 is 0 Å². The molecule has 2 aromatic rings. The largest absolute Gasteiger partial charge is 0.490 e. The molecule has 23 heavy (non-hydrogen) atoms. The SMILES string of the molecule is C/C=C/COc1cc(C)c(Cc2cc(/C=N/OC)on2)c(C)c1. The Balaban J connectivity index is 2.13. The van der Waals surface area contributed by atoms with Gasteiger partial charge in [0.15, 0.2) is 5.76 Å². The highest BCUT2D eigenvalue weighted by atomic mass is 16.6. The van der Waals surface area contributed by atoms with Crippen molar-refractivity contribution in [3.63, 3.8) is 0 Å². The van der Waals surface area contributed by atoms with Gasteiger partial charge >= 0.3 is 0 Å². The molecule has 0 bridgehead atoms. The van der Waals surface area contributed by atoms with Crippen LogP contribution in [0.25, 0.3) is 0 Å². The molecule has 0 saturated carbocycles. The number of benzene rings is 1. The molecule has 1 heterocycles. The molecule has 0 fully saturated rings. The summed E-state index contributed by atoms with van der Waals surface area (Å²) < 4.78 is 10.9. The van der Waals surface area contributed by atoms with Crippen LogP contribution in [0.1, 0.15) is 35.1 Å². The van der Waals surface area contributed by atoms with E-state index in [9.17, 15) is 0 Å². The van der Waals surface area contributed by atoms with Crippen LogP contribution in [0.3, 0.4) is 0 Å². The summed E-state index contributed by atoms with van der Waals surface area (Å²) in [5.41, 5.74) is 4.44. The Kier molecular flexibility index (Phi) is 5.97. The average molecular weight is 314 g/mol. The summed E-state index contributed by atoms with van der Waals surface area (Å²) in [6.45, 7) is 6.73. The topological polar surface area (TPSA) is 56.9 Å². The van der Waals surface area contributed by atoms with Crippen molar-refractivity contribution >= 4 is 6.21 Å². The maximum absolute atomic E-state index is 5.71. The molecule has 0 unspecified atom stereocenters. The van der Waals surface area contributed by atoms with Crippen molar-refractivity contribution in [2.24, 2.45) is 5.16 Å². The predicted octanol–water partition coefficient (Wildman–Crippen LogP) is 3.82. The monoisotopic (exact) mass is 314 g/mol. The zero-order valence-electron chi connectivity index (χ0n) is 14.0. The Morgan fingerprint density at radius 3 is 2.61 bits per heavy atom. The zero-order chi connectivity index (χ0) is 16.7. The molecule has 0 spiro atoms. The van der Waals surface area contributed by atoms with E-state index in [1.807, 2.05) is 25.1 Å². The summed E-state index contributed by atoms with van der Waals surface area (Å²) in [4.78, 5) is 4.63. The first-order valence-electron chi connectivity index (χ1n) is 7.50. The van der Waals surface area contributed by atoms with Gasteiger partial charge in [0, 0.05) is 12.5 Å². The Labute approximate surface area is 136 Å². The first-order chi connectivity index (χ1) is 11.1. The third kappa shape index (κ3) is 4.71. The highest BCUT2D eigenvalue weighted by molar-refractivity contribution is 5.75. The van der Waals surface area contributed by atoms with E-state index < -0.39 is 0 Å². The summed E-state index contributed by atoms with van der Waals surface area (Å²) in [6, 6.07) is 5.97. The van der Waals surface area contributed by atoms with Crippen LogP contribution in [-0.2, 0) is 11.3 Å². The number of ether oxygens (including phenoxy) is 1. The molecule has 0 atom stereocenters. The molecule has 0 saturated heterocycles. The number of hydrogen-bond donors (Lipinski definition) is 0. The Morgan fingerprint density at radius 2 is 1.96 bits per heavy atom. The Morgan fingerprint density at radius 1 is 1.22 bits per heavy atom. The second-order valence-corrected chi connectivity index (χ2v) is 5.23. The van der Waals surface area contributed by atoms with E-state index in [0.717, 1.165) is 11.4 Å². The number of aryl methyl sites for hydroxylation is 2. The minimum absolute atomic E-state index is 0.573. The summed E-state index contributed by atoms with van der Waals surface area (Å²) in [6.07, 6.45) is 6.16. The lowest BCUT2D eigenvalue weighted by atomic mass is 9.98. The lowest BCUT2D eigenvalue weighted by Crippen LogP contribution is -1.99. The van der Waals surface area contributed by atoms with Crippen molar-refractivity contribution in [3.8, 4) is 5.75 Å². The van der Waals surface area contributed by atoms with Crippen LogP contribution in [0.2, 0.25) is 0 Å². The molecule has 0 N–H and O–H groups in total. The molecule has 0 aliphatic rings.